The first-order valence-electron chi connectivity index (χ1n) is 8.40. The summed E-state index contributed by atoms with van der Waals surface area (Å²) in [6, 6.07) is 12.5. The number of halogens is 1. The molecule has 2 N–H and O–H groups in total. The molecule has 3 rings (SSSR count). The van der Waals surface area contributed by atoms with Gasteiger partial charge in [-0.25, -0.2) is 9.59 Å². The summed E-state index contributed by atoms with van der Waals surface area (Å²) in [5, 5.41) is 5.05. The summed E-state index contributed by atoms with van der Waals surface area (Å²) in [4.78, 5) is 35.3. The van der Waals surface area contributed by atoms with Crippen molar-refractivity contribution in [2.45, 2.75) is 6.10 Å². The Hall–Kier alpha value is -3.26. The zero-order chi connectivity index (χ0) is 19.9. The predicted molar refractivity (Wildman–Crippen MR) is 99.6 cm³/mol. The first-order chi connectivity index (χ1) is 13.5. The molecule has 2 aromatic rings. The van der Waals surface area contributed by atoms with Gasteiger partial charge in [0.05, 0.1) is 12.1 Å². The Kier molecular flexibility index (Phi) is 6.33. The molecule has 1 aliphatic rings. The minimum absolute atomic E-state index is 0.137. The van der Waals surface area contributed by atoms with Crippen molar-refractivity contribution in [2.75, 3.05) is 19.8 Å². The van der Waals surface area contributed by atoms with Crippen LogP contribution in [0, 0.1) is 0 Å². The van der Waals surface area contributed by atoms with Gasteiger partial charge in [0.25, 0.3) is 5.91 Å². The average Bonchev–Trinajstić information content (AvgIpc) is 2.71. The first-order valence-corrected chi connectivity index (χ1v) is 8.78. The number of urea groups is 1. The molecule has 3 amide bonds. The van der Waals surface area contributed by atoms with E-state index >= 15 is 0 Å². The molecule has 2 aromatic carbocycles. The minimum atomic E-state index is -0.758. The van der Waals surface area contributed by atoms with Crippen LogP contribution in [-0.2, 0) is 9.53 Å². The third-order valence-electron chi connectivity index (χ3n) is 3.73. The highest BCUT2D eigenvalue weighted by Gasteiger charge is 2.21. The molecule has 1 atom stereocenters. The molecule has 0 spiro atoms. The molecule has 0 fully saturated rings. The number of esters is 1. The molecule has 1 aliphatic heterocycles. The van der Waals surface area contributed by atoms with E-state index in [1.165, 1.54) is 24.3 Å². The Morgan fingerprint density at radius 2 is 1.79 bits per heavy atom. The second-order valence-electron chi connectivity index (χ2n) is 5.84. The van der Waals surface area contributed by atoms with Gasteiger partial charge < -0.3 is 19.5 Å². The third kappa shape index (κ3) is 5.37. The minimum Gasteiger partial charge on any atom is -0.486 e. The number of carbonyl (C=O) groups excluding carboxylic acids is 3. The molecule has 146 valence electrons. The fraction of sp³-hybridized carbons (Fsp3) is 0.211. The molecule has 9 heteroatoms. The largest absolute Gasteiger partial charge is 0.486 e. The van der Waals surface area contributed by atoms with Crippen LogP contribution in [0.25, 0.3) is 0 Å². The third-order valence-corrected chi connectivity index (χ3v) is 3.98. The number of para-hydroxylation sites is 2. The molecule has 0 aliphatic carbocycles. The number of amides is 3. The van der Waals surface area contributed by atoms with Crippen molar-refractivity contribution in [1.82, 2.24) is 10.6 Å². The zero-order valence-corrected chi connectivity index (χ0v) is 15.4. The highest BCUT2D eigenvalue weighted by Crippen LogP contribution is 2.30. The van der Waals surface area contributed by atoms with Crippen molar-refractivity contribution < 1.29 is 28.6 Å². The first kappa shape index (κ1) is 19.5. The Labute approximate surface area is 165 Å². The van der Waals surface area contributed by atoms with Gasteiger partial charge in [-0.1, -0.05) is 23.7 Å². The van der Waals surface area contributed by atoms with Crippen molar-refractivity contribution in [1.29, 1.82) is 0 Å². The van der Waals surface area contributed by atoms with Crippen LogP contribution < -0.4 is 20.1 Å². The molecule has 0 radical (unpaired) electrons. The lowest BCUT2D eigenvalue weighted by Crippen LogP contribution is -2.46. The van der Waals surface area contributed by atoms with Crippen LogP contribution in [0.4, 0.5) is 4.79 Å². The van der Waals surface area contributed by atoms with Gasteiger partial charge in [-0.3, -0.25) is 10.1 Å². The fourth-order valence-corrected chi connectivity index (χ4v) is 2.50. The maximum Gasteiger partial charge on any atom is 0.338 e. The van der Waals surface area contributed by atoms with E-state index in [9.17, 15) is 14.4 Å². The topological polar surface area (TPSA) is 103 Å². The van der Waals surface area contributed by atoms with Crippen molar-refractivity contribution in [3.63, 3.8) is 0 Å². The summed E-state index contributed by atoms with van der Waals surface area (Å²) in [5.41, 5.74) is 0.247. The quantitative estimate of drug-likeness (QED) is 0.740. The summed E-state index contributed by atoms with van der Waals surface area (Å²) in [5.74, 6) is -0.225. The van der Waals surface area contributed by atoms with Gasteiger partial charge in [0.15, 0.2) is 24.2 Å². The van der Waals surface area contributed by atoms with E-state index in [4.69, 9.17) is 25.8 Å². The van der Waals surface area contributed by atoms with Crippen molar-refractivity contribution in [2.24, 2.45) is 0 Å². The Morgan fingerprint density at radius 1 is 1.07 bits per heavy atom. The predicted octanol–water partition coefficient (Wildman–Crippen LogP) is 2.16. The van der Waals surface area contributed by atoms with Gasteiger partial charge in [0.2, 0.25) is 0 Å². The summed E-state index contributed by atoms with van der Waals surface area (Å²) >= 11 is 5.73. The number of hydrogen-bond acceptors (Lipinski definition) is 6. The second kappa shape index (κ2) is 9.09. The summed E-state index contributed by atoms with van der Waals surface area (Å²) < 4.78 is 16.1. The number of rotatable bonds is 5. The van der Waals surface area contributed by atoms with Gasteiger partial charge in [-0.15, -0.1) is 0 Å². The maximum absolute atomic E-state index is 11.8. The molecule has 28 heavy (non-hydrogen) atoms. The number of hydrogen-bond donors (Lipinski definition) is 2. The van der Waals surface area contributed by atoms with Crippen molar-refractivity contribution in [3.8, 4) is 11.5 Å². The molecule has 8 nitrogen and oxygen atoms in total. The second-order valence-corrected chi connectivity index (χ2v) is 6.28. The van der Waals surface area contributed by atoms with E-state index in [-0.39, 0.29) is 18.7 Å². The molecule has 1 unspecified atom stereocenters. The number of fused-ring (bicyclic) bond motifs is 1. The SMILES string of the molecule is O=C(COC(=O)c1ccc(Cl)cc1)NC(=O)NCC1COc2ccccc2O1. The zero-order valence-electron chi connectivity index (χ0n) is 14.6. The van der Waals surface area contributed by atoms with Gasteiger partial charge in [0.1, 0.15) is 6.61 Å². The highest BCUT2D eigenvalue weighted by atomic mass is 35.5. The number of benzene rings is 2. The lowest BCUT2D eigenvalue weighted by Gasteiger charge is -2.26. The van der Waals surface area contributed by atoms with Crippen LogP contribution in [0.5, 0.6) is 11.5 Å². The number of imide groups is 1. The lowest BCUT2D eigenvalue weighted by molar-refractivity contribution is -0.123. The van der Waals surface area contributed by atoms with E-state index in [1.54, 1.807) is 12.1 Å². The van der Waals surface area contributed by atoms with E-state index in [2.05, 4.69) is 10.6 Å². The fourth-order valence-electron chi connectivity index (χ4n) is 2.38. The van der Waals surface area contributed by atoms with Crippen LogP contribution in [0.1, 0.15) is 10.4 Å². The summed E-state index contributed by atoms with van der Waals surface area (Å²) in [7, 11) is 0. The maximum atomic E-state index is 11.8. The van der Waals surface area contributed by atoms with Crippen LogP contribution in [-0.4, -0.2) is 43.8 Å². The lowest BCUT2D eigenvalue weighted by atomic mass is 10.2. The van der Waals surface area contributed by atoms with Crippen LogP contribution in [0.15, 0.2) is 48.5 Å². The van der Waals surface area contributed by atoms with Gasteiger partial charge in [0, 0.05) is 5.02 Å². The number of nitrogens with one attached hydrogen (secondary N) is 2. The van der Waals surface area contributed by atoms with Gasteiger partial charge in [-0.05, 0) is 36.4 Å². The molecular formula is C19H17ClN2O6. The molecular weight excluding hydrogens is 388 g/mol. The van der Waals surface area contributed by atoms with E-state index in [0.717, 1.165) is 0 Å². The molecule has 0 saturated heterocycles. The Morgan fingerprint density at radius 3 is 2.54 bits per heavy atom. The smallest absolute Gasteiger partial charge is 0.338 e. The normalized spacial score (nSPS) is 14.7. The summed E-state index contributed by atoms with van der Waals surface area (Å²) in [6.45, 7) is -0.187. The number of carbonyl (C=O) groups is 3. The van der Waals surface area contributed by atoms with Crippen molar-refractivity contribution in [3.05, 3.63) is 59.1 Å². The monoisotopic (exact) mass is 404 g/mol. The molecule has 1 heterocycles. The molecule has 0 bridgehead atoms. The van der Waals surface area contributed by atoms with Crippen LogP contribution in [0.3, 0.4) is 0 Å². The standard InChI is InChI=1S/C19H17ClN2O6/c20-13-7-5-12(6-8-13)18(24)27-11-17(23)22-19(25)21-9-14-10-26-15-3-1-2-4-16(15)28-14/h1-8,14H,9-11H2,(H2,21,22,23,25). The molecule has 0 aromatic heterocycles. The van der Waals surface area contributed by atoms with Crippen molar-refractivity contribution >= 4 is 29.5 Å². The van der Waals surface area contributed by atoms with Gasteiger partial charge in [-0.2, -0.15) is 0 Å². The number of ether oxygens (including phenoxy) is 3. The van der Waals surface area contributed by atoms with E-state index in [0.29, 0.717) is 16.5 Å². The van der Waals surface area contributed by atoms with Crippen LogP contribution in [0.2, 0.25) is 5.02 Å². The summed E-state index contributed by atoms with van der Waals surface area (Å²) in [6.07, 6.45) is -0.390. The highest BCUT2D eigenvalue weighted by molar-refractivity contribution is 6.30. The average molecular weight is 405 g/mol. The van der Waals surface area contributed by atoms with E-state index in [1.807, 2.05) is 12.1 Å². The van der Waals surface area contributed by atoms with E-state index < -0.39 is 30.6 Å². The Bertz CT molecular complexity index is 871. The van der Waals surface area contributed by atoms with Crippen LogP contribution >= 0.6 is 11.6 Å². The van der Waals surface area contributed by atoms with Gasteiger partial charge >= 0.3 is 12.0 Å². The Balaban J connectivity index is 1.37. The molecule has 0 saturated carbocycles.